The fourth-order valence-electron chi connectivity index (χ4n) is 3.18. The van der Waals surface area contributed by atoms with Crippen LogP contribution in [-0.4, -0.2) is 28.7 Å². The summed E-state index contributed by atoms with van der Waals surface area (Å²) in [5, 5.41) is 1.11. The molecule has 5 nitrogen and oxygen atoms in total. The smallest absolute Gasteiger partial charge is 0.338 e. The lowest BCUT2D eigenvalue weighted by Gasteiger charge is -2.06. The van der Waals surface area contributed by atoms with Gasteiger partial charge in [-0.25, -0.2) is 4.79 Å². The lowest BCUT2D eigenvalue weighted by molar-refractivity contribution is 0.0526. The number of benzene rings is 1. The maximum Gasteiger partial charge on any atom is 0.338 e. The first-order valence-corrected chi connectivity index (χ1v) is 9.10. The van der Waals surface area contributed by atoms with Gasteiger partial charge in [-0.3, -0.25) is 4.98 Å². The van der Waals surface area contributed by atoms with Crippen LogP contribution in [0.2, 0.25) is 0 Å². The molecule has 0 amide bonds. The van der Waals surface area contributed by atoms with Gasteiger partial charge in [0.1, 0.15) is 0 Å². The van der Waals surface area contributed by atoms with Crippen LogP contribution in [0.3, 0.4) is 0 Å². The maximum absolute atomic E-state index is 12.1. The normalized spacial score (nSPS) is 11.0. The van der Waals surface area contributed by atoms with Gasteiger partial charge in [-0.2, -0.15) is 0 Å². The van der Waals surface area contributed by atoms with E-state index in [1.807, 2.05) is 37.4 Å². The zero-order valence-corrected chi connectivity index (χ0v) is 15.1. The van der Waals surface area contributed by atoms with Crippen LogP contribution in [0.15, 0.2) is 48.9 Å². The second-order valence-corrected chi connectivity index (χ2v) is 6.30. The molecule has 0 bridgehead atoms. The highest BCUT2D eigenvalue weighted by Crippen LogP contribution is 2.25. The molecule has 0 fully saturated rings. The molecule has 0 atom stereocenters. The van der Waals surface area contributed by atoms with E-state index in [0.29, 0.717) is 18.7 Å². The van der Waals surface area contributed by atoms with Crippen molar-refractivity contribution in [2.45, 2.75) is 32.7 Å². The molecule has 1 aromatic carbocycles. The number of nitrogens with zero attached hydrogens (tertiary/aromatic N) is 2. The summed E-state index contributed by atoms with van der Waals surface area (Å²) >= 11 is 0. The van der Waals surface area contributed by atoms with E-state index in [9.17, 15) is 4.79 Å². The van der Waals surface area contributed by atoms with Crippen LogP contribution >= 0.6 is 0 Å². The number of nitrogens with two attached hydrogens (primary N) is 1. The van der Waals surface area contributed by atoms with Gasteiger partial charge in [-0.15, -0.1) is 0 Å². The molecule has 3 rings (SSSR count). The third kappa shape index (κ3) is 4.11. The largest absolute Gasteiger partial charge is 0.462 e. The first-order valence-electron chi connectivity index (χ1n) is 9.10. The molecule has 0 aliphatic carbocycles. The molecular weight excluding hydrogens is 326 g/mol. The maximum atomic E-state index is 12.1. The Morgan fingerprint density at radius 2 is 2.15 bits per heavy atom. The van der Waals surface area contributed by atoms with Crippen LogP contribution in [0.5, 0.6) is 0 Å². The molecule has 0 aliphatic rings. The van der Waals surface area contributed by atoms with E-state index in [1.54, 1.807) is 6.20 Å². The van der Waals surface area contributed by atoms with E-state index in [0.717, 1.165) is 36.7 Å². The highest BCUT2D eigenvalue weighted by molar-refractivity contribution is 5.96. The predicted octanol–water partition coefficient (Wildman–Crippen LogP) is 3.35. The van der Waals surface area contributed by atoms with Crippen molar-refractivity contribution in [3.63, 3.8) is 0 Å². The Hall–Kier alpha value is -2.66. The molecule has 0 unspecified atom stereocenters. The Bertz CT molecular complexity index is 872. The fourth-order valence-corrected chi connectivity index (χ4v) is 3.18. The van der Waals surface area contributed by atoms with E-state index in [2.05, 4.69) is 21.8 Å². The van der Waals surface area contributed by atoms with Crippen LogP contribution in [0.25, 0.3) is 10.9 Å². The minimum absolute atomic E-state index is 0.276. The highest BCUT2D eigenvalue weighted by Gasteiger charge is 2.13. The summed E-state index contributed by atoms with van der Waals surface area (Å²) in [6.07, 6.45) is 8.61. The van der Waals surface area contributed by atoms with Crippen LogP contribution in [0.4, 0.5) is 0 Å². The third-order valence-electron chi connectivity index (χ3n) is 4.49. The van der Waals surface area contributed by atoms with Gasteiger partial charge in [0, 0.05) is 36.0 Å². The molecule has 136 valence electrons. The lowest BCUT2D eigenvalue weighted by atomic mass is 10.1. The van der Waals surface area contributed by atoms with Crippen molar-refractivity contribution in [1.82, 2.24) is 9.55 Å². The number of hydrogen-bond acceptors (Lipinski definition) is 4. The second kappa shape index (κ2) is 8.63. The summed E-state index contributed by atoms with van der Waals surface area (Å²) in [6, 6.07) is 9.85. The number of carbonyl (C=O) groups is 1. The van der Waals surface area contributed by atoms with Gasteiger partial charge in [0.2, 0.25) is 0 Å². The Kier molecular flexibility index (Phi) is 6.02. The number of esters is 1. The number of ether oxygens (including phenoxy) is 1. The summed E-state index contributed by atoms with van der Waals surface area (Å²) < 4.78 is 7.39. The Balaban J connectivity index is 1.91. The van der Waals surface area contributed by atoms with Gasteiger partial charge in [0.15, 0.2) is 0 Å². The molecule has 2 heterocycles. The predicted molar refractivity (Wildman–Crippen MR) is 103 cm³/mol. The number of fused-ring (bicyclic) bond motifs is 1. The van der Waals surface area contributed by atoms with Crippen LogP contribution in [0, 0.1) is 0 Å². The van der Waals surface area contributed by atoms with Crippen molar-refractivity contribution in [3.8, 4) is 0 Å². The summed E-state index contributed by atoms with van der Waals surface area (Å²) in [5.74, 6) is -0.276. The zero-order valence-electron chi connectivity index (χ0n) is 15.1. The van der Waals surface area contributed by atoms with Crippen molar-refractivity contribution in [3.05, 3.63) is 65.6 Å². The number of pyridine rings is 1. The molecular formula is C21H25N3O2. The van der Waals surface area contributed by atoms with E-state index in [1.165, 1.54) is 11.1 Å². The molecule has 3 aromatic rings. The molecule has 0 saturated heterocycles. The Labute approximate surface area is 153 Å². The first-order chi connectivity index (χ1) is 12.7. The van der Waals surface area contributed by atoms with E-state index >= 15 is 0 Å². The average molecular weight is 351 g/mol. The van der Waals surface area contributed by atoms with Gasteiger partial charge in [-0.05, 0) is 68.1 Å². The molecule has 2 N–H and O–H groups in total. The van der Waals surface area contributed by atoms with Crippen molar-refractivity contribution < 1.29 is 9.53 Å². The van der Waals surface area contributed by atoms with Gasteiger partial charge in [0.05, 0.1) is 12.2 Å². The van der Waals surface area contributed by atoms with Crippen molar-refractivity contribution in [2.75, 3.05) is 13.2 Å². The van der Waals surface area contributed by atoms with Crippen LogP contribution in [-0.2, 0) is 24.1 Å². The number of hydrogen-bond donors (Lipinski definition) is 1. The average Bonchev–Trinajstić information content (AvgIpc) is 3.02. The first kappa shape index (κ1) is 18.1. The standard InChI is InChI=1S/C21H25N3O2/c1-2-26-21(25)17-7-8-20-19(13-17)18(6-3-10-22)15-24(20)12-9-16-5-4-11-23-14-16/h4-5,7-8,11,13-15H,2-3,6,9-10,12,22H2,1H3. The Morgan fingerprint density at radius 1 is 1.27 bits per heavy atom. The SMILES string of the molecule is CCOC(=O)c1ccc2c(c1)c(CCCN)cn2CCc1cccnc1. The van der Waals surface area contributed by atoms with Gasteiger partial charge < -0.3 is 15.0 Å². The molecule has 26 heavy (non-hydrogen) atoms. The minimum Gasteiger partial charge on any atom is -0.462 e. The minimum atomic E-state index is -0.276. The molecule has 0 aliphatic heterocycles. The van der Waals surface area contributed by atoms with Crippen molar-refractivity contribution in [2.24, 2.45) is 5.73 Å². The summed E-state index contributed by atoms with van der Waals surface area (Å²) in [7, 11) is 0. The van der Waals surface area contributed by atoms with Gasteiger partial charge >= 0.3 is 5.97 Å². The van der Waals surface area contributed by atoms with E-state index in [4.69, 9.17) is 10.5 Å². The number of aromatic nitrogens is 2. The molecule has 2 aromatic heterocycles. The van der Waals surface area contributed by atoms with Gasteiger partial charge in [0.25, 0.3) is 0 Å². The summed E-state index contributed by atoms with van der Waals surface area (Å²) in [5.41, 5.74) is 9.85. The van der Waals surface area contributed by atoms with Crippen LogP contribution in [0.1, 0.15) is 34.8 Å². The quantitative estimate of drug-likeness (QED) is 0.632. The van der Waals surface area contributed by atoms with Crippen LogP contribution < -0.4 is 5.73 Å². The van der Waals surface area contributed by atoms with E-state index in [-0.39, 0.29) is 5.97 Å². The summed E-state index contributed by atoms with van der Waals surface area (Å²) in [4.78, 5) is 16.3. The topological polar surface area (TPSA) is 70.1 Å². The fraction of sp³-hybridized carbons (Fsp3) is 0.333. The molecule has 0 radical (unpaired) electrons. The lowest BCUT2D eigenvalue weighted by Crippen LogP contribution is -2.04. The number of aryl methyl sites for hydroxylation is 3. The number of carbonyl (C=O) groups excluding carboxylic acids is 1. The summed E-state index contributed by atoms with van der Waals surface area (Å²) in [6.45, 7) is 3.71. The molecule has 5 heteroatoms. The van der Waals surface area contributed by atoms with E-state index < -0.39 is 0 Å². The highest BCUT2D eigenvalue weighted by atomic mass is 16.5. The third-order valence-corrected chi connectivity index (χ3v) is 4.49. The monoisotopic (exact) mass is 351 g/mol. The Morgan fingerprint density at radius 3 is 2.88 bits per heavy atom. The molecule has 0 saturated carbocycles. The number of rotatable bonds is 8. The van der Waals surface area contributed by atoms with Crippen molar-refractivity contribution in [1.29, 1.82) is 0 Å². The molecule has 0 spiro atoms. The second-order valence-electron chi connectivity index (χ2n) is 6.30. The zero-order chi connectivity index (χ0) is 18.4. The van der Waals surface area contributed by atoms with Gasteiger partial charge in [-0.1, -0.05) is 6.07 Å². The van der Waals surface area contributed by atoms with Crippen molar-refractivity contribution >= 4 is 16.9 Å².